The van der Waals surface area contributed by atoms with Crippen molar-refractivity contribution in [2.45, 2.75) is 19.8 Å². The van der Waals surface area contributed by atoms with Gasteiger partial charge in [-0.3, -0.25) is 9.59 Å². The van der Waals surface area contributed by atoms with E-state index < -0.39 is 17.7 Å². The summed E-state index contributed by atoms with van der Waals surface area (Å²) in [6, 6.07) is 13.4. The molecule has 0 radical (unpaired) electrons. The first-order valence-corrected chi connectivity index (χ1v) is 7.73. The molecule has 24 heavy (non-hydrogen) atoms. The Balaban J connectivity index is 1.91. The standard InChI is InChI=1S/C19H20FNO3/c1-13-4-2-5-14(8-13)9-16(19(23)24)12-21-18(22)11-15-6-3-7-17(20)10-15/h2-8,10,16H,9,11-12H2,1H3,(H,21,22)(H,23,24). The van der Waals surface area contributed by atoms with Crippen LogP contribution in [-0.4, -0.2) is 23.5 Å². The number of halogens is 1. The summed E-state index contributed by atoms with van der Waals surface area (Å²) in [7, 11) is 0. The Hall–Kier alpha value is -2.69. The van der Waals surface area contributed by atoms with Crippen LogP contribution in [0.4, 0.5) is 4.39 Å². The minimum Gasteiger partial charge on any atom is -0.481 e. The van der Waals surface area contributed by atoms with Crippen LogP contribution in [0.15, 0.2) is 48.5 Å². The molecule has 126 valence electrons. The molecule has 0 aliphatic carbocycles. The summed E-state index contributed by atoms with van der Waals surface area (Å²) in [6.45, 7) is 1.98. The Bertz CT molecular complexity index is 730. The summed E-state index contributed by atoms with van der Waals surface area (Å²) in [6.07, 6.45) is 0.367. The van der Waals surface area contributed by atoms with Crippen molar-refractivity contribution in [3.63, 3.8) is 0 Å². The molecule has 0 saturated carbocycles. The molecule has 2 aromatic carbocycles. The van der Waals surface area contributed by atoms with Gasteiger partial charge in [0.05, 0.1) is 12.3 Å². The van der Waals surface area contributed by atoms with Gasteiger partial charge >= 0.3 is 5.97 Å². The van der Waals surface area contributed by atoms with Crippen molar-refractivity contribution in [3.05, 3.63) is 71.0 Å². The smallest absolute Gasteiger partial charge is 0.308 e. The SMILES string of the molecule is Cc1cccc(CC(CNC(=O)Cc2cccc(F)c2)C(=O)O)c1. The van der Waals surface area contributed by atoms with Crippen LogP contribution in [0.2, 0.25) is 0 Å². The van der Waals surface area contributed by atoms with Crippen molar-refractivity contribution >= 4 is 11.9 Å². The second-order valence-electron chi connectivity index (χ2n) is 5.84. The third-order valence-electron chi connectivity index (χ3n) is 3.71. The number of carboxylic acid groups (broad SMARTS) is 1. The number of aliphatic carboxylic acids is 1. The van der Waals surface area contributed by atoms with Crippen molar-refractivity contribution < 1.29 is 19.1 Å². The van der Waals surface area contributed by atoms with Crippen molar-refractivity contribution in [2.75, 3.05) is 6.54 Å². The summed E-state index contributed by atoms with van der Waals surface area (Å²) in [5.41, 5.74) is 2.53. The molecule has 5 heteroatoms. The molecular formula is C19H20FNO3. The van der Waals surface area contributed by atoms with E-state index >= 15 is 0 Å². The zero-order chi connectivity index (χ0) is 17.5. The Labute approximate surface area is 140 Å². The normalized spacial score (nSPS) is 11.8. The van der Waals surface area contributed by atoms with Crippen LogP contribution in [0.1, 0.15) is 16.7 Å². The predicted molar refractivity (Wildman–Crippen MR) is 89.1 cm³/mol. The largest absolute Gasteiger partial charge is 0.481 e. The van der Waals surface area contributed by atoms with Crippen LogP contribution in [0.5, 0.6) is 0 Å². The highest BCUT2D eigenvalue weighted by Gasteiger charge is 2.19. The quantitative estimate of drug-likeness (QED) is 0.821. The molecule has 0 aliphatic heterocycles. The van der Waals surface area contributed by atoms with E-state index in [1.54, 1.807) is 6.07 Å². The number of carboxylic acids is 1. The molecule has 0 aromatic heterocycles. The van der Waals surface area contributed by atoms with Crippen LogP contribution < -0.4 is 5.32 Å². The number of amides is 1. The number of nitrogens with one attached hydrogen (secondary N) is 1. The summed E-state index contributed by atoms with van der Waals surface area (Å²) in [4.78, 5) is 23.3. The molecule has 0 aliphatic rings. The Morgan fingerprint density at radius 2 is 1.83 bits per heavy atom. The van der Waals surface area contributed by atoms with Crippen molar-refractivity contribution in [2.24, 2.45) is 5.92 Å². The number of hydrogen-bond donors (Lipinski definition) is 2. The fourth-order valence-electron chi connectivity index (χ4n) is 2.50. The van der Waals surface area contributed by atoms with Gasteiger partial charge in [-0.15, -0.1) is 0 Å². The van der Waals surface area contributed by atoms with E-state index in [1.165, 1.54) is 18.2 Å². The van der Waals surface area contributed by atoms with Gasteiger partial charge in [-0.2, -0.15) is 0 Å². The highest BCUT2D eigenvalue weighted by molar-refractivity contribution is 5.79. The molecule has 0 fully saturated rings. The molecule has 1 atom stereocenters. The average Bonchev–Trinajstić information content (AvgIpc) is 2.51. The van der Waals surface area contributed by atoms with E-state index in [4.69, 9.17) is 0 Å². The third kappa shape index (κ3) is 5.50. The summed E-state index contributed by atoms with van der Waals surface area (Å²) in [5, 5.41) is 12.0. The number of benzene rings is 2. The highest BCUT2D eigenvalue weighted by atomic mass is 19.1. The molecule has 4 nitrogen and oxygen atoms in total. The van der Waals surface area contributed by atoms with Crippen LogP contribution >= 0.6 is 0 Å². The molecule has 0 heterocycles. The Morgan fingerprint density at radius 3 is 2.50 bits per heavy atom. The van der Waals surface area contributed by atoms with E-state index in [0.29, 0.717) is 12.0 Å². The van der Waals surface area contributed by atoms with E-state index in [1.807, 2.05) is 31.2 Å². The van der Waals surface area contributed by atoms with Crippen molar-refractivity contribution in [1.82, 2.24) is 5.32 Å². The van der Waals surface area contributed by atoms with Crippen LogP contribution in [0.25, 0.3) is 0 Å². The van der Waals surface area contributed by atoms with Crippen LogP contribution in [0, 0.1) is 18.7 Å². The van der Waals surface area contributed by atoms with Gasteiger partial charge in [0.2, 0.25) is 5.91 Å². The fourth-order valence-corrected chi connectivity index (χ4v) is 2.50. The fraction of sp³-hybridized carbons (Fsp3) is 0.263. The van der Waals surface area contributed by atoms with E-state index in [2.05, 4.69) is 5.32 Å². The van der Waals surface area contributed by atoms with E-state index in [0.717, 1.165) is 11.1 Å². The molecule has 2 N–H and O–H groups in total. The van der Waals surface area contributed by atoms with E-state index in [9.17, 15) is 19.1 Å². The number of rotatable bonds is 7. The van der Waals surface area contributed by atoms with Crippen molar-refractivity contribution in [1.29, 1.82) is 0 Å². The third-order valence-corrected chi connectivity index (χ3v) is 3.71. The van der Waals surface area contributed by atoms with Gasteiger partial charge in [-0.1, -0.05) is 42.0 Å². The first-order chi connectivity index (χ1) is 11.4. The molecule has 1 amide bonds. The Morgan fingerprint density at radius 1 is 1.12 bits per heavy atom. The first-order valence-electron chi connectivity index (χ1n) is 7.73. The minimum atomic E-state index is -0.956. The lowest BCUT2D eigenvalue weighted by Gasteiger charge is -2.14. The molecule has 2 aromatic rings. The number of carbonyl (C=O) groups excluding carboxylic acids is 1. The zero-order valence-corrected chi connectivity index (χ0v) is 13.5. The lowest BCUT2D eigenvalue weighted by atomic mass is 9.98. The van der Waals surface area contributed by atoms with Crippen molar-refractivity contribution in [3.8, 4) is 0 Å². The highest BCUT2D eigenvalue weighted by Crippen LogP contribution is 2.11. The topological polar surface area (TPSA) is 66.4 Å². The van der Waals surface area contributed by atoms with E-state index in [-0.39, 0.29) is 18.9 Å². The molecule has 0 bridgehead atoms. The lowest BCUT2D eigenvalue weighted by Crippen LogP contribution is -2.34. The van der Waals surface area contributed by atoms with Crippen LogP contribution in [0.3, 0.4) is 0 Å². The molecule has 2 rings (SSSR count). The number of hydrogen-bond acceptors (Lipinski definition) is 2. The second kappa shape index (κ2) is 8.24. The second-order valence-corrected chi connectivity index (χ2v) is 5.84. The van der Waals surface area contributed by atoms with Gasteiger partial charge in [0.15, 0.2) is 0 Å². The zero-order valence-electron chi connectivity index (χ0n) is 13.5. The van der Waals surface area contributed by atoms with Gasteiger partial charge < -0.3 is 10.4 Å². The first kappa shape index (κ1) is 17.7. The lowest BCUT2D eigenvalue weighted by molar-refractivity contribution is -0.141. The molecule has 0 spiro atoms. The maximum absolute atomic E-state index is 13.1. The Kier molecular flexibility index (Phi) is 6.07. The monoisotopic (exact) mass is 329 g/mol. The number of aryl methyl sites for hydroxylation is 1. The van der Waals surface area contributed by atoms with Gasteiger partial charge in [0.25, 0.3) is 0 Å². The summed E-state index contributed by atoms with van der Waals surface area (Å²) < 4.78 is 13.1. The van der Waals surface area contributed by atoms with Crippen LogP contribution in [-0.2, 0) is 22.4 Å². The predicted octanol–water partition coefficient (Wildman–Crippen LogP) is 2.74. The minimum absolute atomic E-state index is 0.0224. The average molecular weight is 329 g/mol. The maximum atomic E-state index is 13.1. The molecular weight excluding hydrogens is 309 g/mol. The summed E-state index contributed by atoms with van der Waals surface area (Å²) >= 11 is 0. The number of carbonyl (C=O) groups is 2. The van der Waals surface area contributed by atoms with Gasteiger partial charge in [0.1, 0.15) is 5.82 Å². The maximum Gasteiger partial charge on any atom is 0.308 e. The summed E-state index contributed by atoms with van der Waals surface area (Å²) in [5.74, 6) is -2.38. The molecule has 1 unspecified atom stereocenters. The van der Waals surface area contributed by atoms with Gasteiger partial charge in [-0.25, -0.2) is 4.39 Å². The van der Waals surface area contributed by atoms with Gasteiger partial charge in [0, 0.05) is 6.54 Å². The van der Waals surface area contributed by atoms with Gasteiger partial charge in [-0.05, 0) is 36.6 Å². The molecule has 0 saturated heterocycles.